The lowest BCUT2D eigenvalue weighted by Crippen LogP contribution is -2.01. The molecule has 2 aromatic carbocycles. The van der Waals surface area contributed by atoms with E-state index in [4.69, 9.17) is 14.2 Å². The Kier molecular flexibility index (Phi) is 5.04. The highest BCUT2D eigenvalue weighted by Gasteiger charge is 2.21. The summed E-state index contributed by atoms with van der Waals surface area (Å²) >= 11 is 0. The summed E-state index contributed by atoms with van der Waals surface area (Å²) in [5.41, 5.74) is 2.93. The van der Waals surface area contributed by atoms with Crippen LogP contribution >= 0.6 is 0 Å². The Balaban J connectivity index is 2.83. The fourth-order valence-corrected chi connectivity index (χ4v) is 2.58. The molecule has 2 rings (SSSR count). The molecule has 4 heteroatoms. The molecule has 0 heterocycles. The standard InChI is InChI=1S/C18H20O4/c1-5-22-15-9-7-6-8-14(15)16-17(20-3)12(2)10-13(11-19)18(16)21-4/h6-11H,5H2,1-4H3. The van der Waals surface area contributed by atoms with Crippen molar-refractivity contribution in [3.63, 3.8) is 0 Å². The number of hydrogen-bond donors (Lipinski definition) is 0. The first-order valence-corrected chi connectivity index (χ1v) is 7.10. The summed E-state index contributed by atoms with van der Waals surface area (Å²) in [4.78, 5) is 11.4. The van der Waals surface area contributed by atoms with Crippen LogP contribution in [-0.2, 0) is 0 Å². The minimum absolute atomic E-state index is 0.488. The summed E-state index contributed by atoms with van der Waals surface area (Å²) < 4.78 is 16.7. The molecule has 0 N–H and O–H groups in total. The van der Waals surface area contributed by atoms with E-state index in [-0.39, 0.29) is 0 Å². The molecule has 0 bridgehead atoms. The normalized spacial score (nSPS) is 10.2. The average molecular weight is 300 g/mol. The maximum Gasteiger partial charge on any atom is 0.153 e. The fraction of sp³-hybridized carbons (Fsp3) is 0.278. The molecule has 116 valence electrons. The van der Waals surface area contributed by atoms with Crippen molar-refractivity contribution in [2.24, 2.45) is 0 Å². The third-order valence-electron chi connectivity index (χ3n) is 3.44. The summed E-state index contributed by atoms with van der Waals surface area (Å²) in [6, 6.07) is 9.40. The molecule has 0 saturated carbocycles. The van der Waals surface area contributed by atoms with Gasteiger partial charge in [0.05, 0.1) is 32.0 Å². The van der Waals surface area contributed by atoms with Crippen molar-refractivity contribution >= 4 is 6.29 Å². The van der Waals surface area contributed by atoms with E-state index >= 15 is 0 Å². The van der Waals surface area contributed by atoms with Gasteiger partial charge in [0.1, 0.15) is 17.2 Å². The molecule has 0 amide bonds. The number of aryl methyl sites for hydroxylation is 1. The Morgan fingerprint density at radius 3 is 2.36 bits per heavy atom. The van der Waals surface area contributed by atoms with E-state index < -0.39 is 0 Å². The zero-order chi connectivity index (χ0) is 16.1. The second kappa shape index (κ2) is 6.98. The van der Waals surface area contributed by atoms with E-state index in [9.17, 15) is 4.79 Å². The van der Waals surface area contributed by atoms with Gasteiger partial charge >= 0.3 is 0 Å². The van der Waals surface area contributed by atoms with Gasteiger partial charge in [-0.05, 0) is 31.5 Å². The van der Waals surface area contributed by atoms with Crippen molar-refractivity contribution < 1.29 is 19.0 Å². The number of hydrogen-bond acceptors (Lipinski definition) is 4. The highest BCUT2D eigenvalue weighted by Crippen LogP contribution is 2.45. The fourth-order valence-electron chi connectivity index (χ4n) is 2.58. The van der Waals surface area contributed by atoms with Crippen LogP contribution in [-0.4, -0.2) is 27.1 Å². The number of carbonyl (C=O) groups is 1. The van der Waals surface area contributed by atoms with Gasteiger partial charge < -0.3 is 14.2 Å². The summed E-state index contributed by atoms with van der Waals surface area (Å²) in [5, 5.41) is 0. The molecule has 0 atom stereocenters. The maximum atomic E-state index is 11.4. The molecule has 0 fully saturated rings. The van der Waals surface area contributed by atoms with Gasteiger partial charge in [0.15, 0.2) is 6.29 Å². The minimum Gasteiger partial charge on any atom is -0.496 e. The van der Waals surface area contributed by atoms with Crippen molar-refractivity contribution in [1.82, 2.24) is 0 Å². The number of methoxy groups -OCH3 is 2. The Labute approximate surface area is 130 Å². The van der Waals surface area contributed by atoms with E-state index in [1.165, 1.54) is 0 Å². The molecule has 0 aliphatic rings. The SMILES string of the molecule is CCOc1ccccc1-c1c(OC)c(C)cc(C=O)c1OC. The van der Waals surface area contributed by atoms with Crippen LogP contribution < -0.4 is 14.2 Å². The van der Waals surface area contributed by atoms with E-state index in [0.29, 0.717) is 23.7 Å². The summed E-state index contributed by atoms with van der Waals surface area (Å²) in [5.74, 6) is 1.89. The van der Waals surface area contributed by atoms with Crippen LogP contribution in [0.2, 0.25) is 0 Å². The Morgan fingerprint density at radius 1 is 1.09 bits per heavy atom. The molecule has 4 nitrogen and oxygen atoms in total. The van der Waals surface area contributed by atoms with Gasteiger partial charge in [-0.15, -0.1) is 0 Å². The van der Waals surface area contributed by atoms with Gasteiger partial charge in [0.2, 0.25) is 0 Å². The van der Waals surface area contributed by atoms with Crippen LogP contribution in [0.4, 0.5) is 0 Å². The molecule has 0 aromatic heterocycles. The van der Waals surface area contributed by atoms with Crippen molar-refractivity contribution in [2.45, 2.75) is 13.8 Å². The average Bonchev–Trinajstić information content (AvgIpc) is 2.54. The zero-order valence-corrected chi connectivity index (χ0v) is 13.3. The number of benzene rings is 2. The monoisotopic (exact) mass is 300 g/mol. The van der Waals surface area contributed by atoms with E-state index in [1.807, 2.05) is 38.1 Å². The third-order valence-corrected chi connectivity index (χ3v) is 3.44. The van der Waals surface area contributed by atoms with Crippen molar-refractivity contribution in [1.29, 1.82) is 0 Å². The molecule has 0 unspecified atom stereocenters. The molecule has 0 spiro atoms. The topological polar surface area (TPSA) is 44.8 Å². The van der Waals surface area contributed by atoms with E-state index in [0.717, 1.165) is 28.7 Å². The smallest absolute Gasteiger partial charge is 0.153 e. The summed E-state index contributed by atoms with van der Waals surface area (Å²) in [6.07, 6.45) is 0.790. The molecule has 0 saturated heterocycles. The second-order valence-corrected chi connectivity index (χ2v) is 4.77. The number of para-hydroxylation sites is 1. The lowest BCUT2D eigenvalue weighted by atomic mass is 9.96. The Bertz CT molecular complexity index is 677. The van der Waals surface area contributed by atoms with E-state index in [1.54, 1.807) is 20.3 Å². The quantitative estimate of drug-likeness (QED) is 0.759. The predicted molar refractivity (Wildman–Crippen MR) is 86.3 cm³/mol. The first kappa shape index (κ1) is 15.9. The van der Waals surface area contributed by atoms with Crippen molar-refractivity contribution in [3.8, 4) is 28.4 Å². The number of rotatable bonds is 6. The first-order valence-electron chi connectivity index (χ1n) is 7.10. The van der Waals surface area contributed by atoms with Crippen LogP contribution in [0.5, 0.6) is 17.2 Å². The lowest BCUT2D eigenvalue weighted by Gasteiger charge is -2.19. The Hall–Kier alpha value is -2.49. The van der Waals surface area contributed by atoms with Gasteiger partial charge in [-0.3, -0.25) is 4.79 Å². The van der Waals surface area contributed by atoms with Gasteiger partial charge in [0.25, 0.3) is 0 Å². The van der Waals surface area contributed by atoms with Crippen molar-refractivity contribution in [3.05, 3.63) is 41.5 Å². The van der Waals surface area contributed by atoms with Crippen LogP contribution in [0.3, 0.4) is 0 Å². The number of aldehydes is 1. The third kappa shape index (κ3) is 2.77. The maximum absolute atomic E-state index is 11.4. The number of carbonyl (C=O) groups excluding carboxylic acids is 1. The van der Waals surface area contributed by atoms with Gasteiger partial charge in [-0.25, -0.2) is 0 Å². The Morgan fingerprint density at radius 2 is 1.77 bits per heavy atom. The second-order valence-electron chi connectivity index (χ2n) is 4.77. The molecule has 0 aliphatic heterocycles. The summed E-state index contributed by atoms with van der Waals surface area (Å²) in [6.45, 7) is 4.38. The molecule has 0 radical (unpaired) electrons. The van der Waals surface area contributed by atoms with Crippen LogP contribution in [0.25, 0.3) is 11.1 Å². The van der Waals surface area contributed by atoms with Crippen LogP contribution in [0.15, 0.2) is 30.3 Å². The van der Waals surface area contributed by atoms with Gasteiger partial charge in [0, 0.05) is 5.56 Å². The lowest BCUT2D eigenvalue weighted by molar-refractivity contribution is 0.112. The molecular weight excluding hydrogens is 280 g/mol. The predicted octanol–water partition coefficient (Wildman–Crippen LogP) is 3.89. The van der Waals surface area contributed by atoms with Gasteiger partial charge in [-0.2, -0.15) is 0 Å². The van der Waals surface area contributed by atoms with E-state index in [2.05, 4.69) is 0 Å². The highest BCUT2D eigenvalue weighted by molar-refractivity contribution is 5.91. The molecule has 0 aliphatic carbocycles. The first-order chi connectivity index (χ1) is 10.7. The van der Waals surface area contributed by atoms with Gasteiger partial charge in [-0.1, -0.05) is 18.2 Å². The van der Waals surface area contributed by atoms with Crippen LogP contribution in [0.1, 0.15) is 22.8 Å². The minimum atomic E-state index is 0.488. The largest absolute Gasteiger partial charge is 0.496 e. The molecular formula is C18H20O4. The zero-order valence-electron chi connectivity index (χ0n) is 13.3. The highest BCUT2D eigenvalue weighted by atomic mass is 16.5. The van der Waals surface area contributed by atoms with Crippen molar-refractivity contribution in [2.75, 3.05) is 20.8 Å². The molecule has 2 aromatic rings. The summed E-state index contributed by atoms with van der Waals surface area (Å²) in [7, 11) is 3.15. The number of ether oxygens (including phenoxy) is 3. The molecule has 22 heavy (non-hydrogen) atoms. The van der Waals surface area contributed by atoms with Crippen LogP contribution in [0, 0.1) is 6.92 Å².